The van der Waals surface area contributed by atoms with Crippen LogP contribution in [0.2, 0.25) is 0 Å². The number of nitrogens with zero attached hydrogens (tertiary/aromatic N) is 1. The number of likely N-dealkylation sites (tertiary alicyclic amines) is 1. The summed E-state index contributed by atoms with van der Waals surface area (Å²) in [6.45, 7) is 8.97. The number of rotatable bonds is 4. The lowest BCUT2D eigenvalue weighted by molar-refractivity contribution is -0.144. The van der Waals surface area contributed by atoms with Crippen molar-refractivity contribution >= 4 is 5.97 Å². The summed E-state index contributed by atoms with van der Waals surface area (Å²) < 4.78 is 0. The lowest BCUT2D eigenvalue weighted by atomic mass is 9.80. The Morgan fingerprint density at radius 1 is 1.30 bits per heavy atom. The van der Waals surface area contributed by atoms with E-state index in [9.17, 15) is 9.90 Å². The highest BCUT2D eigenvalue weighted by atomic mass is 16.4. The minimum Gasteiger partial charge on any atom is -0.481 e. The van der Waals surface area contributed by atoms with Gasteiger partial charge in [0.2, 0.25) is 0 Å². The van der Waals surface area contributed by atoms with E-state index in [1.807, 2.05) is 37.3 Å². The highest BCUT2D eigenvalue weighted by Crippen LogP contribution is 2.29. The van der Waals surface area contributed by atoms with Crippen molar-refractivity contribution in [1.82, 2.24) is 4.90 Å². The summed E-state index contributed by atoms with van der Waals surface area (Å²) in [5.41, 5.74) is 0.0560. The van der Waals surface area contributed by atoms with Crippen molar-refractivity contribution in [3.8, 4) is 0 Å². The van der Waals surface area contributed by atoms with Crippen molar-refractivity contribution in [3.63, 3.8) is 0 Å². The first-order valence-corrected chi connectivity index (χ1v) is 7.45. The number of hydrogen-bond donors (Lipinski definition) is 1. The van der Waals surface area contributed by atoms with Gasteiger partial charge in [-0.25, -0.2) is 0 Å². The zero-order valence-electron chi connectivity index (χ0n) is 12.7. The maximum absolute atomic E-state index is 11.8. The molecule has 0 spiro atoms. The minimum atomic E-state index is -0.832. The standard InChI is InChI=1S/C17H25NO2/c1-13-9-10-18(11-14(13)2)12-17(3,16(19)20)15-7-5-4-6-8-15/h4-8,13-14H,9-12H2,1-3H3,(H,19,20). The first-order chi connectivity index (χ1) is 9.43. The van der Waals surface area contributed by atoms with Crippen molar-refractivity contribution in [2.45, 2.75) is 32.6 Å². The predicted octanol–water partition coefficient (Wildman–Crippen LogP) is 3.01. The van der Waals surface area contributed by atoms with Crippen LogP contribution in [0.3, 0.4) is 0 Å². The molecule has 110 valence electrons. The quantitative estimate of drug-likeness (QED) is 0.918. The van der Waals surface area contributed by atoms with E-state index in [2.05, 4.69) is 18.7 Å². The molecule has 3 unspecified atom stereocenters. The van der Waals surface area contributed by atoms with Crippen LogP contribution in [0, 0.1) is 11.8 Å². The summed E-state index contributed by atoms with van der Waals surface area (Å²) in [5, 5.41) is 9.71. The van der Waals surface area contributed by atoms with Gasteiger partial charge in [-0.15, -0.1) is 0 Å². The Bertz CT molecular complexity index is 459. The molecule has 1 aromatic rings. The van der Waals surface area contributed by atoms with Gasteiger partial charge < -0.3 is 10.0 Å². The number of carbonyl (C=O) groups is 1. The minimum absolute atomic E-state index is 0.587. The molecule has 0 aromatic heterocycles. The zero-order valence-corrected chi connectivity index (χ0v) is 12.7. The number of hydrogen-bond acceptors (Lipinski definition) is 2. The van der Waals surface area contributed by atoms with Crippen molar-refractivity contribution < 1.29 is 9.90 Å². The molecule has 1 fully saturated rings. The van der Waals surface area contributed by atoms with Gasteiger partial charge in [-0.05, 0) is 37.3 Å². The highest BCUT2D eigenvalue weighted by Gasteiger charge is 2.38. The van der Waals surface area contributed by atoms with Crippen LogP contribution >= 0.6 is 0 Å². The van der Waals surface area contributed by atoms with Crippen LogP contribution in [0.1, 0.15) is 32.8 Å². The number of carboxylic acids is 1. The highest BCUT2D eigenvalue weighted by molar-refractivity contribution is 5.81. The van der Waals surface area contributed by atoms with Crippen LogP contribution in [0.4, 0.5) is 0 Å². The van der Waals surface area contributed by atoms with Gasteiger partial charge in [-0.1, -0.05) is 44.2 Å². The summed E-state index contributed by atoms with van der Waals surface area (Å²) in [6.07, 6.45) is 1.16. The van der Waals surface area contributed by atoms with E-state index in [4.69, 9.17) is 0 Å². The summed E-state index contributed by atoms with van der Waals surface area (Å²) in [5.74, 6) is 0.631. The molecule has 0 amide bonds. The van der Waals surface area contributed by atoms with Gasteiger partial charge in [-0.3, -0.25) is 4.79 Å². The lowest BCUT2D eigenvalue weighted by Crippen LogP contribution is -2.48. The van der Waals surface area contributed by atoms with E-state index >= 15 is 0 Å². The average Bonchev–Trinajstić information content (AvgIpc) is 2.43. The molecule has 2 rings (SSSR count). The van der Waals surface area contributed by atoms with Crippen LogP contribution < -0.4 is 0 Å². The molecule has 3 atom stereocenters. The predicted molar refractivity (Wildman–Crippen MR) is 80.8 cm³/mol. The molecular formula is C17H25NO2. The smallest absolute Gasteiger partial charge is 0.315 e. The topological polar surface area (TPSA) is 40.5 Å². The molecule has 3 nitrogen and oxygen atoms in total. The monoisotopic (exact) mass is 275 g/mol. The number of carboxylic acid groups (broad SMARTS) is 1. The molecule has 0 radical (unpaired) electrons. The van der Waals surface area contributed by atoms with E-state index in [1.54, 1.807) is 0 Å². The van der Waals surface area contributed by atoms with E-state index in [0.29, 0.717) is 12.5 Å². The summed E-state index contributed by atoms with van der Waals surface area (Å²) in [6, 6.07) is 9.60. The number of benzene rings is 1. The molecule has 1 aliphatic rings. The summed E-state index contributed by atoms with van der Waals surface area (Å²) >= 11 is 0. The molecule has 1 aromatic carbocycles. The fraction of sp³-hybridized carbons (Fsp3) is 0.588. The molecule has 20 heavy (non-hydrogen) atoms. The fourth-order valence-electron chi connectivity index (χ4n) is 3.03. The Balaban J connectivity index is 2.16. The van der Waals surface area contributed by atoms with Crippen LogP contribution in [0.15, 0.2) is 30.3 Å². The zero-order chi connectivity index (χ0) is 14.8. The third kappa shape index (κ3) is 3.04. The summed E-state index contributed by atoms with van der Waals surface area (Å²) in [4.78, 5) is 14.1. The molecule has 1 heterocycles. The largest absolute Gasteiger partial charge is 0.481 e. The van der Waals surface area contributed by atoms with Crippen LogP contribution in [0.5, 0.6) is 0 Å². The molecule has 0 aliphatic carbocycles. The molecule has 3 heteroatoms. The van der Waals surface area contributed by atoms with Crippen molar-refractivity contribution in [2.75, 3.05) is 19.6 Å². The van der Waals surface area contributed by atoms with Gasteiger partial charge in [0.05, 0.1) is 0 Å². The number of piperidine rings is 1. The van der Waals surface area contributed by atoms with Crippen LogP contribution in [0.25, 0.3) is 0 Å². The molecular weight excluding hydrogens is 250 g/mol. The van der Waals surface area contributed by atoms with Crippen LogP contribution in [-0.2, 0) is 10.2 Å². The third-order valence-electron chi connectivity index (χ3n) is 4.84. The van der Waals surface area contributed by atoms with Gasteiger partial charge >= 0.3 is 5.97 Å². The second kappa shape index (κ2) is 5.96. The van der Waals surface area contributed by atoms with Gasteiger partial charge in [0.15, 0.2) is 0 Å². The first-order valence-electron chi connectivity index (χ1n) is 7.45. The van der Waals surface area contributed by atoms with E-state index in [1.165, 1.54) is 0 Å². The van der Waals surface area contributed by atoms with E-state index in [0.717, 1.165) is 31.0 Å². The Morgan fingerprint density at radius 2 is 1.95 bits per heavy atom. The Hall–Kier alpha value is -1.35. The first kappa shape index (κ1) is 15.0. The Kier molecular flexibility index (Phi) is 4.48. The maximum atomic E-state index is 11.8. The molecule has 1 aliphatic heterocycles. The van der Waals surface area contributed by atoms with Gasteiger partial charge in [0, 0.05) is 13.1 Å². The van der Waals surface area contributed by atoms with Crippen molar-refractivity contribution in [2.24, 2.45) is 11.8 Å². The molecule has 0 bridgehead atoms. The van der Waals surface area contributed by atoms with Gasteiger partial charge in [0.25, 0.3) is 0 Å². The molecule has 1 N–H and O–H groups in total. The molecule has 0 saturated carbocycles. The second-order valence-electron chi connectivity index (χ2n) is 6.48. The van der Waals surface area contributed by atoms with Crippen molar-refractivity contribution in [3.05, 3.63) is 35.9 Å². The lowest BCUT2D eigenvalue weighted by Gasteiger charge is -2.39. The maximum Gasteiger partial charge on any atom is 0.315 e. The second-order valence-corrected chi connectivity index (χ2v) is 6.48. The average molecular weight is 275 g/mol. The SMILES string of the molecule is CC1CCN(CC(C)(C(=O)O)c2ccccc2)CC1C. The number of aliphatic carboxylic acids is 1. The fourth-order valence-corrected chi connectivity index (χ4v) is 3.03. The van der Waals surface area contributed by atoms with E-state index in [-0.39, 0.29) is 0 Å². The third-order valence-corrected chi connectivity index (χ3v) is 4.84. The normalized spacial score (nSPS) is 26.9. The van der Waals surface area contributed by atoms with Gasteiger partial charge in [-0.2, -0.15) is 0 Å². The van der Waals surface area contributed by atoms with Crippen molar-refractivity contribution in [1.29, 1.82) is 0 Å². The summed E-state index contributed by atoms with van der Waals surface area (Å²) in [7, 11) is 0. The molecule has 1 saturated heterocycles. The van der Waals surface area contributed by atoms with Crippen LogP contribution in [-0.4, -0.2) is 35.6 Å². The van der Waals surface area contributed by atoms with E-state index < -0.39 is 11.4 Å². The Labute approximate surface area is 121 Å². The van der Waals surface area contributed by atoms with Gasteiger partial charge in [0.1, 0.15) is 5.41 Å². The Morgan fingerprint density at radius 3 is 2.50 bits per heavy atom.